The molecule has 0 heterocycles. The minimum absolute atomic E-state index is 0.613. The first-order valence-electron chi connectivity index (χ1n) is 4.50. The quantitative estimate of drug-likeness (QED) is 0.898. The summed E-state index contributed by atoms with van der Waals surface area (Å²) in [5.74, 6) is 0.834. The summed E-state index contributed by atoms with van der Waals surface area (Å²) in [6.07, 6.45) is 0. The minimum Gasteiger partial charge on any atom is -0.496 e. The molecule has 0 aliphatic heterocycles. The van der Waals surface area contributed by atoms with E-state index < -0.39 is 0 Å². The molecule has 0 saturated carbocycles. The molecular formula is C11H13BrClNO. The predicted molar refractivity (Wildman–Crippen MR) is 67.4 cm³/mol. The van der Waals surface area contributed by atoms with Crippen LogP contribution in [-0.2, 0) is 6.54 Å². The van der Waals surface area contributed by atoms with Crippen molar-refractivity contribution in [2.45, 2.75) is 6.54 Å². The average molecular weight is 291 g/mol. The maximum absolute atomic E-state index is 5.64. The van der Waals surface area contributed by atoms with Gasteiger partial charge in [-0.3, -0.25) is 0 Å². The topological polar surface area (TPSA) is 21.3 Å². The fraction of sp³-hybridized carbons (Fsp3) is 0.273. The number of hydrogen-bond acceptors (Lipinski definition) is 2. The zero-order valence-corrected chi connectivity index (χ0v) is 10.9. The fourth-order valence-electron chi connectivity index (χ4n) is 1.16. The van der Waals surface area contributed by atoms with Gasteiger partial charge in [-0.25, -0.2) is 0 Å². The van der Waals surface area contributed by atoms with Crippen molar-refractivity contribution in [3.63, 3.8) is 0 Å². The van der Waals surface area contributed by atoms with Crippen LogP contribution in [0.2, 0.25) is 0 Å². The Morgan fingerprint density at radius 2 is 2.33 bits per heavy atom. The third kappa shape index (κ3) is 4.24. The molecule has 0 saturated heterocycles. The Bertz CT molecular complexity index is 354. The van der Waals surface area contributed by atoms with Gasteiger partial charge < -0.3 is 10.1 Å². The lowest BCUT2D eigenvalue weighted by molar-refractivity contribution is 0.412. The maximum atomic E-state index is 5.64. The molecule has 4 heteroatoms. The molecule has 0 aromatic heterocycles. The Labute approximate surface area is 103 Å². The molecule has 1 N–H and O–H groups in total. The van der Waals surface area contributed by atoms with E-state index in [0.29, 0.717) is 11.6 Å². The molecule has 2 nitrogen and oxygen atoms in total. The Hall–Kier alpha value is -0.510. The van der Waals surface area contributed by atoms with E-state index in [0.717, 1.165) is 16.8 Å². The second-order valence-corrected chi connectivity index (χ2v) is 4.48. The molecule has 0 amide bonds. The van der Waals surface area contributed by atoms with E-state index in [9.17, 15) is 0 Å². The Kier molecular flexibility index (Phi) is 5.15. The van der Waals surface area contributed by atoms with Gasteiger partial charge in [0.25, 0.3) is 0 Å². The van der Waals surface area contributed by atoms with Crippen molar-refractivity contribution < 1.29 is 4.74 Å². The van der Waals surface area contributed by atoms with Crippen LogP contribution >= 0.6 is 27.5 Å². The predicted octanol–water partition coefficient (Wildman–Crippen LogP) is 3.30. The highest BCUT2D eigenvalue weighted by molar-refractivity contribution is 9.10. The molecule has 15 heavy (non-hydrogen) atoms. The number of nitrogens with one attached hydrogen (secondary N) is 1. The van der Waals surface area contributed by atoms with Gasteiger partial charge in [0, 0.05) is 18.1 Å². The summed E-state index contributed by atoms with van der Waals surface area (Å²) in [5, 5.41) is 3.79. The normalized spacial score (nSPS) is 10.1. The van der Waals surface area contributed by atoms with Gasteiger partial charge in [-0.15, -0.1) is 0 Å². The summed E-state index contributed by atoms with van der Waals surface area (Å²) in [5.41, 5.74) is 1.17. The van der Waals surface area contributed by atoms with Crippen LogP contribution in [-0.4, -0.2) is 13.7 Å². The van der Waals surface area contributed by atoms with Gasteiger partial charge in [0.05, 0.1) is 11.6 Å². The summed E-state index contributed by atoms with van der Waals surface area (Å²) < 4.78 is 6.09. The van der Waals surface area contributed by atoms with Crippen molar-refractivity contribution in [1.29, 1.82) is 0 Å². The molecule has 0 aliphatic carbocycles. The van der Waals surface area contributed by atoms with Crippen LogP contribution in [0.25, 0.3) is 0 Å². The van der Waals surface area contributed by atoms with Gasteiger partial charge in [0.15, 0.2) is 0 Å². The van der Waals surface area contributed by atoms with Gasteiger partial charge in [-0.1, -0.05) is 24.2 Å². The molecule has 1 aromatic carbocycles. The smallest absolute Gasteiger partial charge is 0.133 e. The number of ether oxygens (including phenoxy) is 1. The first-order valence-corrected chi connectivity index (χ1v) is 5.67. The second-order valence-electron chi connectivity index (χ2n) is 3.09. The summed E-state index contributed by atoms with van der Waals surface area (Å²) >= 11 is 9.07. The van der Waals surface area contributed by atoms with E-state index in [2.05, 4.69) is 27.8 Å². The summed E-state index contributed by atoms with van der Waals surface area (Å²) in [4.78, 5) is 0. The van der Waals surface area contributed by atoms with Crippen LogP contribution < -0.4 is 10.1 Å². The Morgan fingerprint density at radius 1 is 1.60 bits per heavy atom. The van der Waals surface area contributed by atoms with Crippen LogP contribution in [0.4, 0.5) is 0 Å². The van der Waals surface area contributed by atoms with E-state index in [-0.39, 0.29) is 0 Å². The lowest BCUT2D eigenvalue weighted by Gasteiger charge is -2.07. The van der Waals surface area contributed by atoms with E-state index in [1.807, 2.05) is 18.2 Å². The third-order valence-corrected chi connectivity index (χ3v) is 2.62. The standard InChI is InChI=1S/C11H13BrClNO/c1-8(13)6-14-7-9-3-4-11(15-2)10(12)5-9/h3-5,14H,1,6-7H2,2H3. The summed E-state index contributed by atoms with van der Waals surface area (Å²) in [7, 11) is 1.65. The number of halogens is 2. The van der Waals surface area contributed by atoms with Gasteiger partial charge in [-0.2, -0.15) is 0 Å². The number of rotatable bonds is 5. The third-order valence-electron chi connectivity index (χ3n) is 1.86. The highest BCUT2D eigenvalue weighted by Crippen LogP contribution is 2.25. The van der Waals surface area contributed by atoms with E-state index in [1.54, 1.807) is 7.11 Å². The van der Waals surface area contributed by atoms with Crippen molar-refractivity contribution in [1.82, 2.24) is 5.32 Å². The molecule has 0 radical (unpaired) electrons. The second kappa shape index (κ2) is 6.16. The molecule has 0 atom stereocenters. The van der Waals surface area contributed by atoms with E-state index in [4.69, 9.17) is 16.3 Å². The number of hydrogen-bond donors (Lipinski definition) is 1. The lowest BCUT2D eigenvalue weighted by Crippen LogP contribution is -2.14. The van der Waals surface area contributed by atoms with Crippen LogP contribution in [0.5, 0.6) is 5.75 Å². The van der Waals surface area contributed by atoms with Crippen LogP contribution in [0.1, 0.15) is 5.56 Å². The molecular weight excluding hydrogens is 277 g/mol. The van der Waals surface area contributed by atoms with Crippen molar-refractivity contribution in [2.75, 3.05) is 13.7 Å². The summed E-state index contributed by atoms with van der Waals surface area (Å²) in [6, 6.07) is 5.95. The van der Waals surface area contributed by atoms with Crippen molar-refractivity contribution >= 4 is 27.5 Å². The Balaban J connectivity index is 2.55. The SMILES string of the molecule is C=C(Cl)CNCc1ccc(OC)c(Br)c1. The zero-order valence-electron chi connectivity index (χ0n) is 8.52. The van der Waals surface area contributed by atoms with Crippen molar-refractivity contribution in [3.8, 4) is 5.75 Å². The molecule has 1 rings (SSSR count). The van der Waals surface area contributed by atoms with Crippen LogP contribution in [0.15, 0.2) is 34.3 Å². The largest absolute Gasteiger partial charge is 0.496 e. The monoisotopic (exact) mass is 289 g/mol. The molecule has 1 aromatic rings. The zero-order chi connectivity index (χ0) is 11.3. The van der Waals surface area contributed by atoms with Crippen LogP contribution in [0, 0.1) is 0 Å². The Morgan fingerprint density at radius 3 is 2.87 bits per heavy atom. The summed E-state index contributed by atoms with van der Waals surface area (Å²) in [6.45, 7) is 4.98. The van der Waals surface area contributed by atoms with Crippen molar-refractivity contribution in [2.24, 2.45) is 0 Å². The molecule has 82 valence electrons. The molecule has 0 spiro atoms. The molecule has 0 bridgehead atoms. The molecule has 0 aliphatic rings. The minimum atomic E-state index is 0.613. The van der Waals surface area contributed by atoms with Gasteiger partial charge in [0.1, 0.15) is 5.75 Å². The highest BCUT2D eigenvalue weighted by Gasteiger charge is 2.00. The maximum Gasteiger partial charge on any atom is 0.133 e. The van der Waals surface area contributed by atoms with E-state index in [1.165, 1.54) is 5.56 Å². The fourth-order valence-corrected chi connectivity index (χ4v) is 1.84. The molecule has 0 unspecified atom stereocenters. The highest BCUT2D eigenvalue weighted by atomic mass is 79.9. The average Bonchev–Trinajstić information content (AvgIpc) is 2.17. The van der Waals surface area contributed by atoms with Gasteiger partial charge >= 0.3 is 0 Å². The van der Waals surface area contributed by atoms with Gasteiger partial charge in [0.2, 0.25) is 0 Å². The lowest BCUT2D eigenvalue weighted by atomic mass is 10.2. The number of benzene rings is 1. The molecule has 0 fully saturated rings. The first kappa shape index (κ1) is 12.6. The van der Waals surface area contributed by atoms with Gasteiger partial charge in [-0.05, 0) is 33.6 Å². The number of methoxy groups -OCH3 is 1. The van der Waals surface area contributed by atoms with Crippen molar-refractivity contribution in [3.05, 3.63) is 39.8 Å². The van der Waals surface area contributed by atoms with E-state index >= 15 is 0 Å². The first-order chi connectivity index (χ1) is 7.13. The van der Waals surface area contributed by atoms with Crippen LogP contribution in [0.3, 0.4) is 0 Å².